The first kappa shape index (κ1) is 15.3. The van der Waals surface area contributed by atoms with Gasteiger partial charge in [0.25, 0.3) is 5.56 Å². The van der Waals surface area contributed by atoms with Gasteiger partial charge in [-0.1, -0.05) is 29.8 Å². The summed E-state index contributed by atoms with van der Waals surface area (Å²) in [4.78, 5) is 22.9. The molecule has 0 radical (unpaired) electrons. The molecule has 0 aliphatic carbocycles. The Morgan fingerprint density at radius 1 is 1.17 bits per heavy atom. The monoisotopic (exact) mass is 371 g/mol. The molecule has 0 saturated heterocycles. The van der Waals surface area contributed by atoms with Crippen molar-refractivity contribution in [1.82, 2.24) is 14.4 Å². The number of thiazole rings is 1. The number of fused-ring (bicyclic) bond motifs is 1. The maximum Gasteiger partial charge on any atom is 0.278 e. The standard InChI is InChI=1S/C17H10ClN3OS2/c18-15-12(6-5-11-3-1-7-19-9-11)20-17-21(16(15)22)13(10-24-17)14-4-2-8-23-14/h1-10H/b6-5+. The molecule has 24 heavy (non-hydrogen) atoms. The Morgan fingerprint density at radius 3 is 2.83 bits per heavy atom. The van der Waals surface area contributed by atoms with Crippen LogP contribution in [-0.2, 0) is 0 Å². The number of nitrogens with zero attached hydrogens (tertiary/aromatic N) is 3. The first-order valence-corrected chi connectivity index (χ1v) is 9.19. The molecule has 0 fully saturated rings. The fourth-order valence-electron chi connectivity index (χ4n) is 2.30. The second-order valence-corrected chi connectivity index (χ2v) is 7.11. The second-order valence-electron chi connectivity index (χ2n) is 4.95. The van der Waals surface area contributed by atoms with Gasteiger partial charge in [0, 0.05) is 17.8 Å². The van der Waals surface area contributed by atoms with Crippen LogP contribution in [0.3, 0.4) is 0 Å². The Hall–Kier alpha value is -2.28. The van der Waals surface area contributed by atoms with Gasteiger partial charge in [-0.25, -0.2) is 9.38 Å². The first-order chi connectivity index (χ1) is 11.7. The van der Waals surface area contributed by atoms with Crippen molar-refractivity contribution < 1.29 is 0 Å². The third-order valence-electron chi connectivity index (χ3n) is 3.43. The average Bonchev–Trinajstić information content (AvgIpc) is 3.27. The highest BCUT2D eigenvalue weighted by molar-refractivity contribution is 7.16. The zero-order valence-electron chi connectivity index (χ0n) is 12.2. The zero-order chi connectivity index (χ0) is 16.5. The maximum atomic E-state index is 12.7. The van der Waals surface area contributed by atoms with Crippen LogP contribution in [0.5, 0.6) is 0 Å². The van der Waals surface area contributed by atoms with Crippen LogP contribution in [0.15, 0.2) is 52.2 Å². The van der Waals surface area contributed by atoms with Crippen LogP contribution in [0.25, 0.3) is 27.7 Å². The van der Waals surface area contributed by atoms with Gasteiger partial charge in [-0.15, -0.1) is 22.7 Å². The second kappa shape index (κ2) is 6.32. The highest BCUT2D eigenvalue weighted by atomic mass is 35.5. The fraction of sp³-hybridized carbons (Fsp3) is 0. The van der Waals surface area contributed by atoms with Crippen molar-refractivity contribution in [3.8, 4) is 10.6 Å². The molecule has 0 aromatic carbocycles. The highest BCUT2D eigenvalue weighted by Crippen LogP contribution is 2.29. The van der Waals surface area contributed by atoms with E-state index in [1.165, 1.54) is 11.3 Å². The van der Waals surface area contributed by atoms with Crippen LogP contribution in [0, 0.1) is 0 Å². The van der Waals surface area contributed by atoms with Crippen molar-refractivity contribution in [2.75, 3.05) is 0 Å². The van der Waals surface area contributed by atoms with E-state index in [1.807, 2.05) is 41.1 Å². The van der Waals surface area contributed by atoms with Crippen molar-refractivity contribution in [3.05, 3.63) is 74.1 Å². The van der Waals surface area contributed by atoms with Gasteiger partial charge in [-0.3, -0.25) is 9.78 Å². The molecule has 7 heteroatoms. The smallest absolute Gasteiger partial charge is 0.267 e. The molecule has 4 heterocycles. The Labute approximate surface area is 150 Å². The predicted molar refractivity (Wildman–Crippen MR) is 101 cm³/mol. The molecule has 0 saturated carbocycles. The molecule has 0 unspecified atom stereocenters. The Kier molecular flexibility index (Phi) is 4.02. The minimum atomic E-state index is -0.253. The van der Waals surface area contributed by atoms with E-state index in [2.05, 4.69) is 9.97 Å². The molecule has 4 aromatic rings. The van der Waals surface area contributed by atoms with Crippen molar-refractivity contribution in [3.63, 3.8) is 0 Å². The summed E-state index contributed by atoms with van der Waals surface area (Å²) >= 11 is 9.28. The van der Waals surface area contributed by atoms with Gasteiger partial charge in [0.05, 0.1) is 16.3 Å². The summed E-state index contributed by atoms with van der Waals surface area (Å²) in [6.45, 7) is 0. The summed E-state index contributed by atoms with van der Waals surface area (Å²) in [5.74, 6) is 0. The van der Waals surface area contributed by atoms with Gasteiger partial charge >= 0.3 is 0 Å². The van der Waals surface area contributed by atoms with Crippen LogP contribution in [-0.4, -0.2) is 14.4 Å². The molecule has 0 bridgehead atoms. The summed E-state index contributed by atoms with van der Waals surface area (Å²) in [5.41, 5.74) is 1.95. The average molecular weight is 372 g/mol. The van der Waals surface area contributed by atoms with Gasteiger partial charge in [0.2, 0.25) is 0 Å². The summed E-state index contributed by atoms with van der Waals surface area (Å²) in [5, 5.41) is 4.02. The third-order valence-corrected chi connectivity index (χ3v) is 5.51. The number of pyridine rings is 1. The molecule has 0 N–H and O–H groups in total. The summed E-state index contributed by atoms with van der Waals surface area (Å²) < 4.78 is 1.57. The Morgan fingerprint density at radius 2 is 2.08 bits per heavy atom. The van der Waals surface area contributed by atoms with Crippen LogP contribution < -0.4 is 5.56 Å². The van der Waals surface area contributed by atoms with Gasteiger partial charge in [-0.05, 0) is 29.2 Å². The van der Waals surface area contributed by atoms with Crippen molar-refractivity contribution in [1.29, 1.82) is 0 Å². The van der Waals surface area contributed by atoms with Crippen molar-refractivity contribution in [2.24, 2.45) is 0 Å². The molecule has 0 aliphatic heterocycles. The minimum Gasteiger partial charge on any atom is -0.267 e. The quantitative estimate of drug-likeness (QED) is 0.524. The molecule has 0 atom stereocenters. The summed E-state index contributed by atoms with van der Waals surface area (Å²) in [6, 6.07) is 7.69. The molecule has 4 aromatic heterocycles. The lowest BCUT2D eigenvalue weighted by Crippen LogP contribution is -2.16. The van der Waals surface area contributed by atoms with Crippen LogP contribution in [0.2, 0.25) is 5.02 Å². The van der Waals surface area contributed by atoms with Crippen LogP contribution in [0.1, 0.15) is 11.3 Å². The summed E-state index contributed by atoms with van der Waals surface area (Å²) in [7, 11) is 0. The van der Waals surface area contributed by atoms with E-state index in [1.54, 1.807) is 34.2 Å². The SMILES string of the molecule is O=c1c(Cl)c(/C=C/c2cccnc2)nc2scc(-c3cccs3)n12. The predicted octanol–water partition coefficient (Wildman–Crippen LogP) is 4.70. The lowest BCUT2D eigenvalue weighted by molar-refractivity contribution is 1.08. The molecule has 0 spiro atoms. The normalized spacial score (nSPS) is 11.5. The van der Waals surface area contributed by atoms with E-state index in [0.717, 1.165) is 16.1 Å². The molecule has 4 rings (SSSR count). The third kappa shape index (κ3) is 2.69. The Bertz CT molecular complexity index is 1080. The number of hydrogen-bond acceptors (Lipinski definition) is 5. The van der Waals surface area contributed by atoms with E-state index >= 15 is 0 Å². The molecule has 0 amide bonds. The van der Waals surface area contributed by atoms with Gasteiger partial charge in [-0.2, -0.15) is 0 Å². The summed E-state index contributed by atoms with van der Waals surface area (Å²) in [6.07, 6.45) is 7.02. The van der Waals surface area contributed by atoms with E-state index in [4.69, 9.17) is 11.6 Å². The van der Waals surface area contributed by atoms with E-state index in [0.29, 0.717) is 10.7 Å². The van der Waals surface area contributed by atoms with Crippen LogP contribution in [0.4, 0.5) is 0 Å². The molecule has 0 aliphatic rings. The van der Waals surface area contributed by atoms with Crippen molar-refractivity contribution in [2.45, 2.75) is 0 Å². The van der Waals surface area contributed by atoms with E-state index in [9.17, 15) is 4.79 Å². The first-order valence-electron chi connectivity index (χ1n) is 7.06. The molecular weight excluding hydrogens is 362 g/mol. The number of halogens is 1. The number of rotatable bonds is 3. The molecule has 118 valence electrons. The van der Waals surface area contributed by atoms with Crippen molar-refractivity contribution >= 4 is 51.4 Å². The highest BCUT2D eigenvalue weighted by Gasteiger charge is 2.15. The largest absolute Gasteiger partial charge is 0.278 e. The minimum absolute atomic E-state index is 0.115. The maximum absolute atomic E-state index is 12.7. The Balaban J connectivity index is 1.84. The molecular formula is C17H10ClN3OS2. The lowest BCUT2D eigenvalue weighted by atomic mass is 10.2. The van der Waals surface area contributed by atoms with Gasteiger partial charge in [0.1, 0.15) is 5.02 Å². The van der Waals surface area contributed by atoms with E-state index < -0.39 is 0 Å². The molecule has 4 nitrogen and oxygen atoms in total. The fourth-order valence-corrected chi connectivity index (χ4v) is 4.19. The van der Waals surface area contributed by atoms with E-state index in [-0.39, 0.29) is 10.6 Å². The number of hydrogen-bond donors (Lipinski definition) is 0. The zero-order valence-corrected chi connectivity index (χ0v) is 14.6. The van der Waals surface area contributed by atoms with Gasteiger partial charge in [0.15, 0.2) is 4.96 Å². The lowest BCUT2D eigenvalue weighted by Gasteiger charge is -2.02. The number of thiophene rings is 1. The topological polar surface area (TPSA) is 47.3 Å². The van der Waals surface area contributed by atoms with Gasteiger partial charge < -0.3 is 0 Å². The van der Waals surface area contributed by atoms with Crippen LogP contribution >= 0.6 is 34.3 Å². The number of aromatic nitrogens is 3.